The van der Waals surface area contributed by atoms with Gasteiger partial charge >= 0.3 is 0 Å². The Morgan fingerprint density at radius 2 is 1.69 bits per heavy atom. The van der Waals surface area contributed by atoms with Crippen LogP contribution in [-0.4, -0.2) is 36.8 Å². The maximum absolute atomic E-state index is 11.9. The van der Waals surface area contributed by atoms with Gasteiger partial charge in [0, 0.05) is 36.7 Å². The summed E-state index contributed by atoms with van der Waals surface area (Å²) in [6.07, 6.45) is 12.8. The van der Waals surface area contributed by atoms with Crippen LogP contribution >= 0.6 is 0 Å². The van der Waals surface area contributed by atoms with Crippen molar-refractivity contribution in [2.75, 3.05) is 10.6 Å². The highest BCUT2D eigenvalue weighted by Gasteiger charge is 2.26. The molecule has 2 aliphatic rings. The van der Waals surface area contributed by atoms with Crippen LogP contribution in [0.2, 0.25) is 0 Å². The molecule has 2 atom stereocenters. The number of pyridine rings is 1. The molecular formula is C21H23N7O. The molecule has 3 heterocycles. The van der Waals surface area contributed by atoms with Gasteiger partial charge in [0.2, 0.25) is 5.95 Å². The smallest absolute Gasteiger partial charge is 0.271 e. The van der Waals surface area contributed by atoms with Gasteiger partial charge in [-0.2, -0.15) is 9.78 Å². The lowest BCUT2D eigenvalue weighted by atomic mass is 10.2. The van der Waals surface area contributed by atoms with Crippen LogP contribution in [0, 0.1) is 0 Å². The summed E-state index contributed by atoms with van der Waals surface area (Å²) in [4.78, 5) is 25.2. The van der Waals surface area contributed by atoms with E-state index in [1.165, 1.54) is 29.2 Å². The number of hydrogen-bond acceptors (Lipinski definition) is 7. The van der Waals surface area contributed by atoms with Gasteiger partial charge in [-0.05, 0) is 61.8 Å². The van der Waals surface area contributed by atoms with Gasteiger partial charge in [0.25, 0.3) is 5.56 Å². The molecule has 148 valence electrons. The molecule has 8 nitrogen and oxygen atoms in total. The van der Waals surface area contributed by atoms with E-state index < -0.39 is 0 Å². The lowest BCUT2D eigenvalue weighted by Crippen LogP contribution is -2.22. The Balaban J connectivity index is 1.16. The Morgan fingerprint density at radius 3 is 2.38 bits per heavy atom. The lowest BCUT2D eigenvalue weighted by molar-refractivity contribution is 0.716. The highest BCUT2D eigenvalue weighted by molar-refractivity contribution is 5.41. The minimum atomic E-state index is -0.174. The zero-order valence-corrected chi connectivity index (χ0v) is 16.0. The number of hydrogen-bond donors (Lipinski definition) is 2. The van der Waals surface area contributed by atoms with Crippen molar-refractivity contribution in [1.82, 2.24) is 24.7 Å². The maximum atomic E-state index is 11.9. The molecule has 0 bridgehead atoms. The molecule has 0 spiro atoms. The molecule has 0 aliphatic heterocycles. The van der Waals surface area contributed by atoms with Gasteiger partial charge in [-0.1, -0.05) is 0 Å². The Hall–Kier alpha value is -3.29. The van der Waals surface area contributed by atoms with Crippen molar-refractivity contribution in [1.29, 1.82) is 0 Å². The first-order valence-electron chi connectivity index (χ1n) is 10.1. The average molecular weight is 389 g/mol. The van der Waals surface area contributed by atoms with Crippen LogP contribution in [0.3, 0.4) is 0 Å². The van der Waals surface area contributed by atoms with Crippen LogP contribution < -0.4 is 16.2 Å². The highest BCUT2D eigenvalue weighted by Crippen LogP contribution is 2.39. The average Bonchev–Trinajstić information content (AvgIpc) is 3.51. The summed E-state index contributed by atoms with van der Waals surface area (Å²) >= 11 is 0. The van der Waals surface area contributed by atoms with Crippen molar-refractivity contribution in [3.63, 3.8) is 0 Å². The van der Waals surface area contributed by atoms with Gasteiger partial charge in [-0.15, -0.1) is 0 Å². The SMILES string of the molecule is O=c1cccnn1-c1ccc(N[C@H]2CC[C@H](Nc3ncc(C4CC4)cn3)C2)nc1. The van der Waals surface area contributed by atoms with Crippen molar-refractivity contribution in [3.05, 3.63) is 65.0 Å². The summed E-state index contributed by atoms with van der Waals surface area (Å²) < 4.78 is 1.33. The standard InChI is InChI=1S/C21H23N7O/c29-20-2-1-9-25-28(20)18-7-8-19(22-13-18)26-16-5-6-17(10-16)27-21-23-11-15(12-24-21)14-3-4-14/h1-2,7-9,11-14,16-17H,3-6,10H2,(H,22,26)(H,23,24,27)/t16-,17-/m0/s1. The second-order valence-electron chi connectivity index (χ2n) is 7.79. The van der Waals surface area contributed by atoms with Crippen LogP contribution in [0.25, 0.3) is 5.69 Å². The molecule has 2 aliphatic carbocycles. The normalized spacial score (nSPS) is 21.1. The summed E-state index contributed by atoms with van der Waals surface area (Å²) in [6.45, 7) is 0. The molecule has 0 unspecified atom stereocenters. The summed E-state index contributed by atoms with van der Waals surface area (Å²) in [7, 11) is 0. The van der Waals surface area contributed by atoms with Crippen LogP contribution in [0.15, 0.2) is 53.8 Å². The molecule has 2 N–H and O–H groups in total. The van der Waals surface area contributed by atoms with E-state index in [1.807, 2.05) is 24.5 Å². The molecule has 3 aromatic heterocycles. The highest BCUT2D eigenvalue weighted by atomic mass is 16.1. The molecule has 0 radical (unpaired) electrons. The number of aromatic nitrogens is 5. The van der Waals surface area contributed by atoms with E-state index in [0.29, 0.717) is 29.6 Å². The molecule has 0 saturated heterocycles. The van der Waals surface area contributed by atoms with Crippen LogP contribution in [0.1, 0.15) is 43.6 Å². The van der Waals surface area contributed by atoms with E-state index in [4.69, 9.17) is 0 Å². The Labute approximate surface area is 168 Å². The third-order valence-corrected chi connectivity index (χ3v) is 5.55. The predicted octanol–water partition coefficient (Wildman–Crippen LogP) is 2.74. The molecule has 5 rings (SSSR count). The van der Waals surface area contributed by atoms with Crippen molar-refractivity contribution in [2.45, 2.75) is 50.1 Å². The van der Waals surface area contributed by atoms with E-state index in [1.54, 1.807) is 18.5 Å². The van der Waals surface area contributed by atoms with E-state index in [-0.39, 0.29) is 5.56 Å². The van der Waals surface area contributed by atoms with Crippen molar-refractivity contribution < 1.29 is 0 Å². The topological polar surface area (TPSA) is 97.6 Å². The zero-order valence-electron chi connectivity index (χ0n) is 16.0. The number of nitrogens with zero attached hydrogens (tertiary/aromatic N) is 5. The summed E-state index contributed by atoms with van der Waals surface area (Å²) in [5.41, 5.74) is 1.73. The van der Waals surface area contributed by atoms with Gasteiger partial charge in [-0.25, -0.2) is 15.0 Å². The first-order chi connectivity index (χ1) is 14.2. The van der Waals surface area contributed by atoms with E-state index in [0.717, 1.165) is 25.1 Å². The molecule has 8 heteroatoms. The Kier molecular flexibility index (Phi) is 4.67. The largest absolute Gasteiger partial charge is 0.367 e. The minimum absolute atomic E-state index is 0.174. The van der Waals surface area contributed by atoms with Gasteiger partial charge in [0.05, 0.1) is 11.9 Å². The van der Waals surface area contributed by atoms with E-state index in [2.05, 4.69) is 30.7 Å². The maximum Gasteiger partial charge on any atom is 0.271 e. The molecule has 0 aromatic carbocycles. The summed E-state index contributed by atoms with van der Waals surface area (Å²) in [6, 6.07) is 7.54. The van der Waals surface area contributed by atoms with Crippen molar-refractivity contribution >= 4 is 11.8 Å². The number of rotatable bonds is 6. The minimum Gasteiger partial charge on any atom is -0.367 e. The molecular weight excluding hydrogens is 366 g/mol. The van der Waals surface area contributed by atoms with E-state index >= 15 is 0 Å². The fourth-order valence-corrected chi connectivity index (χ4v) is 3.82. The van der Waals surface area contributed by atoms with Gasteiger partial charge in [0.1, 0.15) is 5.82 Å². The molecule has 3 aromatic rings. The molecule has 29 heavy (non-hydrogen) atoms. The Morgan fingerprint density at radius 1 is 0.897 bits per heavy atom. The monoisotopic (exact) mass is 389 g/mol. The molecule has 2 saturated carbocycles. The summed E-state index contributed by atoms with van der Waals surface area (Å²) in [5.74, 6) is 2.19. The molecule has 0 amide bonds. The van der Waals surface area contributed by atoms with Crippen LogP contribution in [-0.2, 0) is 0 Å². The van der Waals surface area contributed by atoms with E-state index in [9.17, 15) is 4.79 Å². The van der Waals surface area contributed by atoms with Gasteiger partial charge in [0.15, 0.2) is 0 Å². The Bertz CT molecular complexity index is 1030. The quantitative estimate of drug-likeness (QED) is 0.669. The first-order valence-corrected chi connectivity index (χ1v) is 10.1. The van der Waals surface area contributed by atoms with Crippen molar-refractivity contribution in [3.8, 4) is 5.69 Å². The first kappa shape index (κ1) is 17.8. The van der Waals surface area contributed by atoms with Gasteiger partial charge in [-0.3, -0.25) is 4.79 Å². The van der Waals surface area contributed by atoms with Crippen molar-refractivity contribution in [2.24, 2.45) is 0 Å². The predicted molar refractivity (Wildman–Crippen MR) is 110 cm³/mol. The molecule has 2 fully saturated rings. The van der Waals surface area contributed by atoms with Crippen LogP contribution in [0.4, 0.5) is 11.8 Å². The number of anilines is 2. The lowest BCUT2D eigenvalue weighted by Gasteiger charge is -2.15. The van der Waals surface area contributed by atoms with Crippen LogP contribution in [0.5, 0.6) is 0 Å². The second kappa shape index (κ2) is 7.62. The number of nitrogens with one attached hydrogen (secondary N) is 2. The van der Waals surface area contributed by atoms with Gasteiger partial charge < -0.3 is 10.6 Å². The second-order valence-corrected chi connectivity index (χ2v) is 7.79. The summed E-state index contributed by atoms with van der Waals surface area (Å²) in [5, 5.41) is 11.0. The third-order valence-electron chi connectivity index (χ3n) is 5.55. The third kappa shape index (κ3) is 4.11. The fourth-order valence-electron chi connectivity index (χ4n) is 3.82. The fraction of sp³-hybridized carbons (Fsp3) is 0.381. The zero-order chi connectivity index (χ0) is 19.6.